The molecule has 0 fully saturated rings. The number of hydrogen-bond donors (Lipinski definition) is 1. The van der Waals surface area contributed by atoms with Crippen LogP contribution in [0.1, 0.15) is 12.6 Å². The molecule has 0 aliphatic heterocycles. The molecule has 0 saturated heterocycles. The third kappa shape index (κ3) is 4.85. The van der Waals surface area contributed by atoms with E-state index in [0.29, 0.717) is 11.5 Å². The molecule has 0 saturated carbocycles. The van der Waals surface area contributed by atoms with Gasteiger partial charge in [0.2, 0.25) is 0 Å². The summed E-state index contributed by atoms with van der Waals surface area (Å²) in [6, 6.07) is 5.97. The smallest absolute Gasteiger partial charge is 0.0870 e. The van der Waals surface area contributed by atoms with Crippen LogP contribution in [0.4, 0.5) is 0 Å². The second kappa shape index (κ2) is 6.48. The van der Waals surface area contributed by atoms with Gasteiger partial charge in [-0.25, -0.2) is 0 Å². The average molecular weight is 223 g/mol. The summed E-state index contributed by atoms with van der Waals surface area (Å²) in [5, 5.41) is 0. The van der Waals surface area contributed by atoms with Crippen molar-refractivity contribution >= 4 is 17.2 Å². The molecule has 1 heterocycles. The number of rotatable bonds is 6. The lowest BCUT2D eigenvalue weighted by atomic mass is 10.2. The van der Waals surface area contributed by atoms with Crippen LogP contribution < -0.4 is 5.73 Å². The van der Waals surface area contributed by atoms with Crippen LogP contribution in [-0.4, -0.2) is 34.5 Å². The van der Waals surface area contributed by atoms with Crippen molar-refractivity contribution < 1.29 is 0 Å². The Labute approximate surface area is 96.3 Å². The zero-order chi connectivity index (χ0) is 11.1. The van der Waals surface area contributed by atoms with Crippen LogP contribution in [0.25, 0.3) is 0 Å². The first-order valence-electron chi connectivity index (χ1n) is 5.13. The Bertz CT molecular complexity index is 300. The van der Waals surface area contributed by atoms with Gasteiger partial charge in [-0.2, -0.15) is 0 Å². The van der Waals surface area contributed by atoms with E-state index in [1.807, 2.05) is 24.4 Å². The molecule has 0 atom stereocenters. The van der Waals surface area contributed by atoms with Crippen LogP contribution in [0, 0.1) is 0 Å². The monoisotopic (exact) mass is 223 g/mol. The van der Waals surface area contributed by atoms with Gasteiger partial charge in [-0.05, 0) is 18.7 Å². The van der Waals surface area contributed by atoms with Gasteiger partial charge < -0.3 is 5.73 Å². The Morgan fingerprint density at radius 1 is 1.53 bits per heavy atom. The summed E-state index contributed by atoms with van der Waals surface area (Å²) >= 11 is 4.89. The molecule has 3 nitrogen and oxygen atoms in total. The molecule has 2 N–H and O–H groups in total. The van der Waals surface area contributed by atoms with Gasteiger partial charge in [0.25, 0.3) is 0 Å². The van der Waals surface area contributed by atoms with Gasteiger partial charge in [-0.15, -0.1) is 0 Å². The molecular weight excluding hydrogens is 206 g/mol. The summed E-state index contributed by atoms with van der Waals surface area (Å²) < 4.78 is 0. The van der Waals surface area contributed by atoms with E-state index < -0.39 is 0 Å². The lowest BCUT2D eigenvalue weighted by molar-refractivity contribution is 0.332. The zero-order valence-corrected chi connectivity index (χ0v) is 9.83. The van der Waals surface area contributed by atoms with Crippen molar-refractivity contribution in [3.63, 3.8) is 0 Å². The predicted octanol–water partition coefficient (Wildman–Crippen LogP) is 1.23. The first-order chi connectivity index (χ1) is 7.22. The second-order valence-corrected chi connectivity index (χ2v) is 3.93. The standard InChI is InChI=1S/C11H17N3S/c1-2-14(9-11(12)15)8-6-10-5-3-4-7-13-10/h3-5,7H,2,6,8-9H2,1H3,(H2,12,15). The van der Waals surface area contributed by atoms with Gasteiger partial charge in [0.1, 0.15) is 0 Å². The molecule has 1 aromatic rings. The molecule has 0 bridgehead atoms. The number of nitrogens with zero attached hydrogens (tertiary/aromatic N) is 2. The SMILES string of the molecule is CCN(CCc1ccccn1)CC(N)=S. The molecule has 1 aromatic heterocycles. The number of pyridine rings is 1. The molecule has 15 heavy (non-hydrogen) atoms. The number of hydrogen-bond acceptors (Lipinski definition) is 3. The minimum absolute atomic E-state index is 0.554. The van der Waals surface area contributed by atoms with Crippen LogP contribution in [0.3, 0.4) is 0 Å². The van der Waals surface area contributed by atoms with E-state index in [9.17, 15) is 0 Å². The van der Waals surface area contributed by atoms with Crippen molar-refractivity contribution in [1.82, 2.24) is 9.88 Å². The van der Waals surface area contributed by atoms with Crippen molar-refractivity contribution in [1.29, 1.82) is 0 Å². The maximum absolute atomic E-state index is 5.51. The second-order valence-electron chi connectivity index (χ2n) is 3.41. The molecule has 0 aliphatic carbocycles. The molecule has 82 valence electrons. The van der Waals surface area contributed by atoms with Crippen LogP contribution in [0.5, 0.6) is 0 Å². The molecule has 4 heteroatoms. The summed E-state index contributed by atoms with van der Waals surface area (Å²) in [5.41, 5.74) is 6.62. The van der Waals surface area contributed by atoms with Crippen LogP contribution in [0.2, 0.25) is 0 Å². The lowest BCUT2D eigenvalue weighted by Crippen LogP contribution is -2.34. The molecule has 0 amide bonds. The zero-order valence-electron chi connectivity index (χ0n) is 9.02. The fourth-order valence-electron chi connectivity index (χ4n) is 1.39. The molecule has 0 aliphatic rings. The normalized spacial score (nSPS) is 10.5. The van der Waals surface area contributed by atoms with Crippen LogP contribution in [0.15, 0.2) is 24.4 Å². The summed E-state index contributed by atoms with van der Waals surface area (Å²) in [4.78, 5) is 7.05. The molecule has 0 spiro atoms. The Morgan fingerprint density at radius 3 is 2.87 bits per heavy atom. The highest BCUT2D eigenvalue weighted by atomic mass is 32.1. The van der Waals surface area contributed by atoms with Crippen molar-refractivity contribution in [3.05, 3.63) is 30.1 Å². The van der Waals surface area contributed by atoms with Crippen LogP contribution >= 0.6 is 12.2 Å². The minimum atomic E-state index is 0.554. The summed E-state index contributed by atoms with van der Waals surface area (Å²) in [5.74, 6) is 0. The van der Waals surface area contributed by atoms with Gasteiger partial charge in [0, 0.05) is 31.4 Å². The van der Waals surface area contributed by atoms with E-state index in [1.54, 1.807) is 0 Å². The highest BCUT2D eigenvalue weighted by molar-refractivity contribution is 7.80. The van der Waals surface area contributed by atoms with Gasteiger partial charge in [0.05, 0.1) is 4.99 Å². The fraction of sp³-hybridized carbons (Fsp3) is 0.455. The van der Waals surface area contributed by atoms with Gasteiger partial charge in [-0.1, -0.05) is 25.2 Å². The minimum Gasteiger partial charge on any atom is -0.392 e. The fourth-order valence-corrected chi connectivity index (χ4v) is 1.57. The Kier molecular flexibility index (Phi) is 5.21. The highest BCUT2D eigenvalue weighted by Gasteiger charge is 2.03. The summed E-state index contributed by atoms with van der Waals surface area (Å²) in [6.07, 6.45) is 2.76. The number of nitrogens with two attached hydrogens (primary N) is 1. The number of likely N-dealkylation sites (N-methyl/N-ethyl adjacent to an activating group) is 1. The summed E-state index contributed by atoms with van der Waals surface area (Å²) in [7, 11) is 0. The Balaban J connectivity index is 2.37. The van der Waals surface area contributed by atoms with E-state index in [1.165, 1.54) is 0 Å². The first-order valence-corrected chi connectivity index (χ1v) is 5.53. The van der Waals surface area contributed by atoms with Gasteiger partial charge >= 0.3 is 0 Å². The van der Waals surface area contributed by atoms with E-state index in [2.05, 4.69) is 16.8 Å². The first kappa shape index (κ1) is 12.1. The maximum Gasteiger partial charge on any atom is 0.0870 e. The predicted molar refractivity (Wildman–Crippen MR) is 66.8 cm³/mol. The number of thiocarbonyl (C=S) groups is 1. The van der Waals surface area contributed by atoms with Crippen LogP contribution in [-0.2, 0) is 6.42 Å². The Hall–Kier alpha value is -1.00. The van der Waals surface area contributed by atoms with Gasteiger partial charge in [0.15, 0.2) is 0 Å². The van der Waals surface area contributed by atoms with Crippen molar-refractivity contribution in [2.75, 3.05) is 19.6 Å². The topological polar surface area (TPSA) is 42.2 Å². The number of aromatic nitrogens is 1. The summed E-state index contributed by atoms with van der Waals surface area (Å²) in [6.45, 7) is 4.71. The van der Waals surface area contributed by atoms with Gasteiger partial charge in [-0.3, -0.25) is 9.88 Å². The van der Waals surface area contributed by atoms with E-state index in [-0.39, 0.29) is 0 Å². The third-order valence-corrected chi connectivity index (χ3v) is 2.37. The van der Waals surface area contributed by atoms with E-state index in [4.69, 9.17) is 18.0 Å². The van der Waals surface area contributed by atoms with Crippen molar-refractivity contribution in [2.45, 2.75) is 13.3 Å². The molecular formula is C11H17N3S. The average Bonchev–Trinajstić information content (AvgIpc) is 2.25. The van der Waals surface area contributed by atoms with E-state index in [0.717, 1.165) is 25.2 Å². The van der Waals surface area contributed by atoms with Crippen molar-refractivity contribution in [3.8, 4) is 0 Å². The molecule has 0 radical (unpaired) electrons. The molecule has 1 rings (SSSR count). The Morgan fingerprint density at radius 2 is 2.33 bits per heavy atom. The van der Waals surface area contributed by atoms with Crippen molar-refractivity contribution in [2.24, 2.45) is 5.73 Å². The largest absolute Gasteiger partial charge is 0.392 e. The lowest BCUT2D eigenvalue weighted by Gasteiger charge is -2.18. The quantitative estimate of drug-likeness (QED) is 0.737. The molecule has 0 aromatic carbocycles. The third-order valence-electron chi connectivity index (χ3n) is 2.24. The maximum atomic E-state index is 5.51. The van der Waals surface area contributed by atoms with E-state index >= 15 is 0 Å². The molecule has 0 unspecified atom stereocenters. The highest BCUT2D eigenvalue weighted by Crippen LogP contribution is 1.97.